The van der Waals surface area contributed by atoms with Crippen molar-refractivity contribution in [2.75, 3.05) is 50.7 Å². The fourth-order valence-corrected chi connectivity index (χ4v) is 4.88. The van der Waals surface area contributed by atoms with Crippen LogP contribution in [0.3, 0.4) is 0 Å². The van der Waals surface area contributed by atoms with Crippen LogP contribution >= 0.6 is 11.8 Å². The summed E-state index contributed by atoms with van der Waals surface area (Å²) in [7, 11) is 0. The Kier molecular flexibility index (Phi) is 7.09. The molecule has 1 aromatic carbocycles. The van der Waals surface area contributed by atoms with Crippen LogP contribution in [0.1, 0.15) is 36.0 Å². The SMILES string of the molecule is O=C1CC[C@H](N(Cl)C(=O)c2ccc(N3CCN(CC4CCNCC4)CC3)cc2)C(=O)N1. The van der Waals surface area contributed by atoms with Crippen LogP contribution in [0, 0.1) is 5.92 Å². The van der Waals surface area contributed by atoms with Crippen molar-refractivity contribution in [3.8, 4) is 0 Å². The molecule has 1 atom stereocenters. The molecular formula is C22H30ClN5O3. The van der Waals surface area contributed by atoms with Gasteiger partial charge in [-0.3, -0.25) is 24.6 Å². The number of piperazine rings is 1. The highest BCUT2D eigenvalue weighted by atomic mass is 35.5. The van der Waals surface area contributed by atoms with Crippen molar-refractivity contribution in [2.45, 2.75) is 31.7 Å². The number of nitrogens with zero attached hydrogens (tertiary/aromatic N) is 3. The molecule has 9 heteroatoms. The number of anilines is 1. The second kappa shape index (κ2) is 9.97. The van der Waals surface area contributed by atoms with Gasteiger partial charge in [0.25, 0.3) is 11.8 Å². The largest absolute Gasteiger partial charge is 0.369 e. The summed E-state index contributed by atoms with van der Waals surface area (Å²) in [6.07, 6.45) is 2.95. The van der Waals surface area contributed by atoms with Crippen LogP contribution in [-0.4, -0.2) is 78.9 Å². The van der Waals surface area contributed by atoms with Crippen molar-refractivity contribution in [2.24, 2.45) is 5.92 Å². The molecule has 168 valence electrons. The minimum absolute atomic E-state index is 0.176. The number of hydrogen-bond donors (Lipinski definition) is 2. The summed E-state index contributed by atoms with van der Waals surface area (Å²) in [6, 6.07) is 6.54. The average Bonchev–Trinajstić information content (AvgIpc) is 2.79. The minimum Gasteiger partial charge on any atom is -0.369 e. The number of hydrogen-bond acceptors (Lipinski definition) is 6. The van der Waals surface area contributed by atoms with Crippen molar-refractivity contribution >= 4 is 35.2 Å². The number of imide groups is 1. The number of amides is 3. The molecular weight excluding hydrogens is 418 g/mol. The van der Waals surface area contributed by atoms with Gasteiger partial charge < -0.3 is 10.2 Å². The van der Waals surface area contributed by atoms with E-state index in [9.17, 15) is 14.4 Å². The zero-order chi connectivity index (χ0) is 21.8. The Balaban J connectivity index is 1.29. The van der Waals surface area contributed by atoms with E-state index in [-0.39, 0.29) is 18.7 Å². The highest BCUT2D eigenvalue weighted by molar-refractivity contribution is 6.26. The van der Waals surface area contributed by atoms with Gasteiger partial charge in [0.1, 0.15) is 6.04 Å². The second-order valence-electron chi connectivity index (χ2n) is 8.61. The van der Waals surface area contributed by atoms with Gasteiger partial charge >= 0.3 is 0 Å². The summed E-state index contributed by atoms with van der Waals surface area (Å²) >= 11 is 6.16. The third kappa shape index (κ3) is 5.37. The molecule has 0 unspecified atom stereocenters. The predicted molar refractivity (Wildman–Crippen MR) is 119 cm³/mol. The molecule has 3 aliphatic heterocycles. The maximum atomic E-state index is 12.7. The van der Waals surface area contributed by atoms with Crippen LogP contribution in [0.25, 0.3) is 0 Å². The van der Waals surface area contributed by atoms with Crippen LogP contribution < -0.4 is 15.5 Å². The lowest BCUT2D eigenvalue weighted by atomic mass is 9.97. The van der Waals surface area contributed by atoms with Gasteiger partial charge in [0, 0.05) is 62.2 Å². The van der Waals surface area contributed by atoms with Crippen molar-refractivity contribution in [3.05, 3.63) is 29.8 Å². The summed E-state index contributed by atoms with van der Waals surface area (Å²) in [5.74, 6) is -0.493. The van der Waals surface area contributed by atoms with Gasteiger partial charge in [0.15, 0.2) is 0 Å². The van der Waals surface area contributed by atoms with E-state index >= 15 is 0 Å². The Morgan fingerprint density at radius 2 is 1.71 bits per heavy atom. The highest BCUT2D eigenvalue weighted by Crippen LogP contribution is 2.22. The zero-order valence-corrected chi connectivity index (χ0v) is 18.4. The van der Waals surface area contributed by atoms with E-state index < -0.39 is 17.9 Å². The molecule has 2 N–H and O–H groups in total. The third-order valence-corrected chi connectivity index (χ3v) is 6.89. The molecule has 31 heavy (non-hydrogen) atoms. The standard InChI is InChI=1S/C22H30ClN5O3/c23-28(19-5-6-20(29)25-21(19)30)22(31)17-1-3-18(4-2-17)27-13-11-26(12-14-27)15-16-7-9-24-10-8-16/h1-4,16,19,24H,5-15H2,(H,25,29,30)/t19-/m0/s1. The lowest BCUT2D eigenvalue weighted by Gasteiger charge is -2.38. The molecule has 3 saturated heterocycles. The average molecular weight is 448 g/mol. The van der Waals surface area contributed by atoms with Crippen LogP contribution in [0.15, 0.2) is 24.3 Å². The molecule has 8 nitrogen and oxygen atoms in total. The number of piperidine rings is 2. The van der Waals surface area contributed by atoms with Gasteiger partial charge in [-0.05, 0) is 62.5 Å². The first-order chi connectivity index (χ1) is 15.0. The Labute approximate surface area is 188 Å². The Morgan fingerprint density at radius 3 is 2.35 bits per heavy atom. The number of nitrogens with one attached hydrogen (secondary N) is 2. The normalized spacial score (nSPS) is 23.5. The molecule has 0 saturated carbocycles. The Hall–Kier alpha value is -2.16. The molecule has 3 amide bonds. The molecule has 3 fully saturated rings. The van der Waals surface area contributed by atoms with E-state index in [1.807, 2.05) is 12.1 Å². The smallest absolute Gasteiger partial charge is 0.268 e. The van der Waals surface area contributed by atoms with E-state index in [0.717, 1.165) is 55.3 Å². The van der Waals surface area contributed by atoms with Gasteiger partial charge in [0.2, 0.25) is 5.91 Å². The van der Waals surface area contributed by atoms with E-state index in [1.54, 1.807) is 12.1 Å². The van der Waals surface area contributed by atoms with Crippen LogP contribution in [0.2, 0.25) is 0 Å². The molecule has 0 spiro atoms. The van der Waals surface area contributed by atoms with Gasteiger partial charge in [-0.1, -0.05) is 0 Å². The number of carbonyl (C=O) groups is 3. The molecule has 0 radical (unpaired) electrons. The molecule has 4 rings (SSSR count). The molecule has 0 aromatic heterocycles. The van der Waals surface area contributed by atoms with Crippen molar-refractivity contribution in [1.29, 1.82) is 0 Å². The lowest BCUT2D eigenvalue weighted by Crippen LogP contribution is -2.51. The van der Waals surface area contributed by atoms with Gasteiger partial charge in [-0.25, -0.2) is 4.42 Å². The van der Waals surface area contributed by atoms with Gasteiger partial charge in [0.05, 0.1) is 0 Å². The summed E-state index contributed by atoms with van der Waals surface area (Å²) in [5.41, 5.74) is 1.51. The van der Waals surface area contributed by atoms with Crippen LogP contribution in [0.4, 0.5) is 5.69 Å². The number of benzene rings is 1. The predicted octanol–water partition coefficient (Wildman–Crippen LogP) is 1.21. The van der Waals surface area contributed by atoms with E-state index in [4.69, 9.17) is 11.8 Å². The Bertz CT molecular complexity index is 804. The second-order valence-corrected chi connectivity index (χ2v) is 8.98. The summed E-state index contributed by atoms with van der Waals surface area (Å²) in [5, 5.41) is 5.65. The highest BCUT2D eigenvalue weighted by Gasteiger charge is 2.34. The maximum absolute atomic E-state index is 12.7. The summed E-state index contributed by atoms with van der Waals surface area (Å²) in [6.45, 7) is 7.50. The molecule has 0 aliphatic carbocycles. The lowest BCUT2D eigenvalue weighted by molar-refractivity contribution is -0.135. The molecule has 3 aliphatic rings. The van der Waals surface area contributed by atoms with Crippen molar-refractivity contribution in [1.82, 2.24) is 20.0 Å². The first-order valence-electron chi connectivity index (χ1n) is 11.1. The van der Waals surface area contributed by atoms with Gasteiger partial charge in [-0.2, -0.15) is 0 Å². The minimum atomic E-state index is -0.834. The third-order valence-electron chi connectivity index (χ3n) is 6.50. The molecule has 3 heterocycles. The topological polar surface area (TPSA) is 85.0 Å². The van der Waals surface area contributed by atoms with Crippen LogP contribution in [0.5, 0.6) is 0 Å². The van der Waals surface area contributed by atoms with Crippen LogP contribution in [-0.2, 0) is 9.59 Å². The van der Waals surface area contributed by atoms with Gasteiger partial charge in [-0.15, -0.1) is 0 Å². The van der Waals surface area contributed by atoms with E-state index in [1.165, 1.54) is 19.4 Å². The van der Waals surface area contributed by atoms with E-state index in [0.29, 0.717) is 5.56 Å². The van der Waals surface area contributed by atoms with Crippen molar-refractivity contribution < 1.29 is 14.4 Å². The fraction of sp³-hybridized carbons (Fsp3) is 0.591. The fourth-order valence-electron chi connectivity index (χ4n) is 4.60. The molecule has 0 bridgehead atoms. The molecule has 1 aromatic rings. The van der Waals surface area contributed by atoms with E-state index in [2.05, 4.69) is 20.4 Å². The first kappa shape index (κ1) is 22.0. The first-order valence-corrected chi connectivity index (χ1v) is 11.5. The quantitative estimate of drug-likeness (QED) is 0.521. The zero-order valence-electron chi connectivity index (χ0n) is 17.7. The summed E-state index contributed by atoms with van der Waals surface area (Å²) < 4.78 is 0.913. The van der Waals surface area contributed by atoms with Crippen molar-refractivity contribution in [3.63, 3.8) is 0 Å². The number of carbonyl (C=O) groups excluding carboxylic acids is 3. The monoisotopic (exact) mass is 447 g/mol. The number of halogens is 1. The number of rotatable bonds is 5. The Morgan fingerprint density at radius 1 is 1.03 bits per heavy atom. The maximum Gasteiger partial charge on any atom is 0.268 e. The summed E-state index contributed by atoms with van der Waals surface area (Å²) in [4.78, 5) is 40.9.